The maximum absolute atomic E-state index is 13.4. The van der Waals surface area contributed by atoms with E-state index in [9.17, 15) is 29.3 Å². The van der Waals surface area contributed by atoms with Crippen molar-refractivity contribution in [3.8, 4) is 0 Å². The number of amides is 3. The van der Waals surface area contributed by atoms with Crippen LogP contribution in [0.2, 0.25) is 0 Å². The van der Waals surface area contributed by atoms with Crippen molar-refractivity contribution in [1.29, 1.82) is 0 Å². The van der Waals surface area contributed by atoms with Gasteiger partial charge in [-0.25, -0.2) is 0 Å². The smallest absolute Gasteiger partial charge is 0.308 e. The second-order valence-electron chi connectivity index (χ2n) is 8.35. The molecule has 1 saturated heterocycles. The van der Waals surface area contributed by atoms with Crippen molar-refractivity contribution in [1.82, 2.24) is 15.5 Å². The van der Waals surface area contributed by atoms with Crippen LogP contribution in [0.25, 0.3) is 6.08 Å². The van der Waals surface area contributed by atoms with Crippen LogP contribution in [0.4, 0.5) is 5.69 Å². The van der Waals surface area contributed by atoms with Crippen LogP contribution in [0, 0.1) is 10.1 Å². The summed E-state index contributed by atoms with van der Waals surface area (Å²) in [6.07, 6.45) is 5.45. The third-order valence-corrected chi connectivity index (χ3v) is 5.74. The minimum Gasteiger partial charge on any atom is -0.462 e. The summed E-state index contributed by atoms with van der Waals surface area (Å²) in [7, 11) is 0. The highest BCUT2D eigenvalue weighted by Gasteiger charge is 2.37. The summed E-state index contributed by atoms with van der Waals surface area (Å²) < 4.78 is 5.52. The molecule has 1 aromatic rings. The standard InChI is InChI=1S/C23H28N4O7/c1-15(28)25-19(13-16-6-5-7-17(12-16)27(32)33)23(31)26-11-10-24-22(30)20(26)14-21(29)34-18-8-3-2-4-9-18/h5-7,12-13,18,20H,2-4,8-11,14H2,1H3,(H,24,30)(H,25,28)/b19-13+. The average Bonchev–Trinajstić information content (AvgIpc) is 2.80. The van der Waals surface area contributed by atoms with Crippen LogP contribution in [0.5, 0.6) is 0 Å². The molecule has 1 saturated carbocycles. The van der Waals surface area contributed by atoms with E-state index in [-0.39, 0.29) is 37.0 Å². The van der Waals surface area contributed by atoms with Crippen molar-refractivity contribution in [2.24, 2.45) is 0 Å². The molecule has 0 aromatic heterocycles. The van der Waals surface area contributed by atoms with E-state index in [0.29, 0.717) is 5.56 Å². The van der Waals surface area contributed by atoms with Crippen LogP contribution in [-0.4, -0.2) is 58.7 Å². The fourth-order valence-corrected chi connectivity index (χ4v) is 4.13. The fraction of sp³-hybridized carbons (Fsp3) is 0.478. The molecule has 11 nitrogen and oxygen atoms in total. The molecule has 0 bridgehead atoms. The van der Waals surface area contributed by atoms with Gasteiger partial charge in [0.25, 0.3) is 11.6 Å². The topological polar surface area (TPSA) is 148 Å². The highest BCUT2D eigenvalue weighted by atomic mass is 16.6. The summed E-state index contributed by atoms with van der Waals surface area (Å²) in [6, 6.07) is 4.47. The van der Waals surface area contributed by atoms with Crippen molar-refractivity contribution < 1.29 is 28.8 Å². The number of esters is 1. The number of nitrogens with one attached hydrogen (secondary N) is 2. The van der Waals surface area contributed by atoms with Gasteiger partial charge in [-0.2, -0.15) is 0 Å². The van der Waals surface area contributed by atoms with Gasteiger partial charge in [0.15, 0.2) is 0 Å². The molecular formula is C23H28N4O7. The van der Waals surface area contributed by atoms with Crippen LogP contribution < -0.4 is 10.6 Å². The zero-order valence-electron chi connectivity index (χ0n) is 19.0. The van der Waals surface area contributed by atoms with Crippen LogP contribution in [0.1, 0.15) is 51.0 Å². The first-order valence-corrected chi connectivity index (χ1v) is 11.3. The Morgan fingerprint density at radius 2 is 2.00 bits per heavy atom. The summed E-state index contributed by atoms with van der Waals surface area (Å²) in [5.41, 5.74) is -0.0153. The minimum absolute atomic E-state index is 0.123. The molecule has 1 heterocycles. The number of carbonyl (C=O) groups is 4. The molecule has 1 atom stereocenters. The Kier molecular flexibility index (Phi) is 8.34. The molecule has 11 heteroatoms. The van der Waals surface area contributed by atoms with E-state index in [1.165, 1.54) is 36.1 Å². The lowest BCUT2D eigenvalue weighted by Gasteiger charge is -2.35. The first-order valence-electron chi connectivity index (χ1n) is 11.3. The minimum atomic E-state index is -1.10. The monoisotopic (exact) mass is 472 g/mol. The van der Waals surface area contributed by atoms with Gasteiger partial charge in [0, 0.05) is 32.1 Å². The Morgan fingerprint density at radius 3 is 2.68 bits per heavy atom. The van der Waals surface area contributed by atoms with Gasteiger partial charge >= 0.3 is 5.97 Å². The molecular weight excluding hydrogens is 444 g/mol. The number of nitro groups is 1. The van der Waals surface area contributed by atoms with Crippen molar-refractivity contribution in [2.45, 2.75) is 57.6 Å². The molecule has 1 aliphatic carbocycles. The maximum Gasteiger partial charge on any atom is 0.308 e. The average molecular weight is 472 g/mol. The highest BCUT2D eigenvalue weighted by Crippen LogP contribution is 2.22. The molecule has 34 heavy (non-hydrogen) atoms. The van der Waals surface area contributed by atoms with Gasteiger partial charge in [0.1, 0.15) is 17.8 Å². The number of piperazine rings is 1. The van der Waals surface area contributed by atoms with Crippen molar-refractivity contribution in [3.05, 3.63) is 45.6 Å². The van der Waals surface area contributed by atoms with E-state index in [0.717, 1.165) is 32.1 Å². The van der Waals surface area contributed by atoms with E-state index in [2.05, 4.69) is 10.6 Å². The number of nitro benzene ring substituents is 1. The predicted molar refractivity (Wildman–Crippen MR) is 121 cm³/mol. The van der Waals surface area contributed by atoms with Crippen molar-refractivity contribution in [2.75, 3.05) is 13.1 Å². The summed E-state index contributed by atoms with van der Waals surface area (Å²) in [6.45, 7) is 1.53. The normalized spacial score (nSPS) is 19.2. The number of benzene rings is 1. The molecule has 3 amide bonds. The molecule has 2 aliphatic rings. The Labute approximate surface area is 196 Å². The molecule has 1 aliphatic heterocycles. The largest absolute Gasteiger partial charge is 0.462 e. The Morgan fingerprint density at radius 1 is 1.26 bits per heavy atom. The molecule has 0 radical (unpaired) electrons. The van der Waals surface area contributed by atoms with Gasteiger partial charge in [0.2, 0.25) is 11.8 Å². The lowest BCUT2D eigenvalue weighted by atomic mass is 9.98. The summed E-state index contributed by atoms with van der Waals surface area (Å²) in [5, 5.41) is 16.2. The zero-order chi connectivity index (χ0) is 24.7. The van der Waals surface area contributed by atoms with Gasteiger partial charge < -0.3 is 20.3 Å². The number of non-ortho nitro benzene ring substituents is 1. The zero-order valence-corrected chi connectivity index (χ0v) is 19.0. The van der Waals surface area contributed by atoms with Crippen LogP contribution in [-0.2, 0) is 23.9 Å². The molecule has 3 rings (SSSR count). The number of hydrogen-bond acceptors (Lipinski definition) is 7. The second kappa shape index (κ2) is 11.4. The predicted octanol–water partition coefficient (Wildman–Crippen LogP) is 1.66. The Bertz CT molecular complexity index is 1000. The molecule has 1 unspecified atom stereocenters. The van der Waals surface area contributed by atoms with Gasteiger partial charge in [-0.3, -0.25) is 29.3 Å². The van der Waals surface area contributed by atoms with Gasteiger partial charge in [-0.15, -0.1) is 0 Å². The van der Waals surface area contributed by atoms with Crippen LogP contribution >= 0.6 is 0 Å². The quantitative estimate of drug-likeness (QED) is 0.265. The van der Waals surface area contributed by atoms with Crippen molar-refractivity contribution in [3.63, 3.8) is 0 Å². The Balaban J connectivity index is 1.81. The molecule has 182 valence electrons. The van der Waals surface area contributed by atoms with E-state index in [4.69, 9.17) is 4.74 Å². The molecule has 0 spiro atoms. The number of ether oxygens (including phenoxy) is 1. The van der Waals surface area contributed by atoms with E-state index >= 15 is 0 Å². The van der Waals surface area contributed by atoms with E-state index in [1.807, 2.05) is 0 Å². The lowest BCUT2D eigenvalue weighted by molar-refractivity contribution is -0.384. The van der Waals surface area contributed by atoms with Gasteiger partial charge in [-0.1, -0.05) is 18.6 Å². The SMILES string of the molecule is CC(=O)N/C(=C/c1cccc([N+](=O)[O-])c1)C(=O)N1CCNC(=O)C1CC(=O)OC1CCCCC1. The summed E-state index contributed by atoms with van der Waals surface area (Å²) in [5.74, 6) is -2.25. The maximum atomic E-state index is 13.4. The molecule has 1 aromatic carbocycles. The lowest BCUT2D eigenvalue weighted by Crippen LogP contribution is -2.59. The van der Waals surface area contributed by atoms with E-state index < -0.39 is 34.7 Å². The third kappa shape index (κ3) is 6.63. The first kappa shape index (κ1) is 24.9. The van der Waals surface area contributed by atoms with Crippen LogP contribution in [0.3, 0.4) is 0 Å². The first-order chi connectivity index (χ1) is 16.2. The van der Waals surface area contributed by atoms with E-state index in [1.54, 1.807) is 6.07 Å². The van der Waals surface area contributed by atoms with Gasteiger partial charge in [0.05, 0.1) is 11.3 Å². The fourth-order valence-electron chi connectivity index (χ4n) is 4.13. The second-order valence-corrected chi connectivity index (χ2v) is 8.35. The molecule has 2 N–H and O–H groups in total. The number of nitrogens with zero attached hydrogens (tertiary/aromatic N) is 2. The highest BCUT2D eigenvalue weighted by molar-refractivity contribution is 6.03. The number of hydrogen-bond donors (Lipinski definition) is 2. The molecule has 2 fully saturated rings. The number of carbonyl (C=O) groups excluding carboxylic acids is 4. The number of rotatable bonds is 7. The Hall–Kier alpha value is -3.76. The summed E-state index contributed by atoms with van der Waals surface area (Å²) in [4.78, 5) is 62.0. The van der Waals surface area contributed by atoms with Crippen molar-refractivity contribution >= 4 is 35.5 Å². The third-order valence-electron chi connectivity index (χ3n) is 5.74. The van der Waals surface area contributed by atoms with Crippen LogP contribution in [0.15, 0.2) is 30.0 Å². The van der Waals surface area contributed by atoms with Gasteiger partial charge in [-0.05, 0) is 37.3 Å². The summed E-state index contributed by atoms with van der Waals surface area (Å²) >= 11 is 0.